The molecule has 0 aliphatic heterocycles. The van der Waals surface area contributed by atoms with Crippen LogP contribution in [0.5, 0.6) is 5.75 Å². The molecule has 0 unspecified atom stereocenters. The van der Waals surface area contributed by atoms with E-state index >= 15 is 0 Å². The second-order valence-corrected chi connectivity index (χ2v) is 8.56. The maximum atomic E-state index is 14.1. The highest BCUT2D eigenvalue weighted by molar-refractivity contribution is 14.1. The quantitative estimate of drug-likeness (QED) is 0.230. The van der Waals surface area contributed by atoms with Crippen molar-refractivity contribution in [1.82, 2.24) is 0 Å². The van der Waals surface area contributed by atoms with Crippen molar-refractivity contribution in [2.75, 3.05) is 12.4 Å². The second-order valence-electron chi connectivity index (χ2n) is 7.39. The van der Waals surface area contributed by atoms with E-state index < -0.39 is 5.91 Å². The molecular weight excluding hydrogens is 518 g/mol. The molecule has 0 saturated carbocycles. The van der Waals surface area contributed by atoms with Crippen LogP contribution >= 0.6 is 22.6 Å². The van der Waals surface area contributed by atoms with E-state index in [9.17, 15) is 14.4 Å². The Bertz CT molecular complexity index is 1250. The van der Waals surface area contributed by atoms with Gasteiger partial charge in [0.25, 0.3) is 5.91 Å². The SMILES string of the molecule is COc1cc(/C=C(\C#N)C(=O)Nc2ccc(C)cc2C)cc(I)c1Cc1ccccc1F. The second kappa shape index (κ2) is 10.4. The molecule has 0 radical (unpaired) electrons. The maximum absolute atomic E-state index is 14.1. The lowest BCUT2D eigenvalue weighted by Crippen LogP contribution is -2.14. The van der Waals surface area contributed by atoms with E-state index in [0.717, 1.165) is 20.3 Å². The van der Waals surface area contributed by atoms with E-state index in [1.54, 1.807) is 31.4 Å². The maximum Gasteiger partial charge on any atom is 0.266 e. The molecule has 0 atom stereocenters. The average Bonchev–Trinajstić information content (AvgIpc) is 2.76. The van der Waals surface area contributed by atoms with Gasteiger partial charge in [0.15, 0.2) is 0 Å². The molecule has 0 bridgehead atoms. The molecule has 0 aromatic heterocycles. The zero-order valence-corrected chi connectivity index (χ0v) is 20.2. The third-order valence-electron chi connectivity index (χ3n) is 5.03. The van der Waals surface area contributed by atoms with Crippen molar-refractivity contribution in [2.24, 2.45) is 0 Å². The molecule has 0 heterocycles. The summed E-state index contributed by atoms with van der Waals surface area (Å²) in [5.74, 6) is -0.188. The number of nitriles is 1. The summed E-state index contributed by atoms with van der Waals surface area (Å²) >= 11 is 2.16. The average molecular weight is 540 g/mol. The van der Waals surface area contributed by atoms with Gasteiger partial charge < -0.3 is 10.1 Å². The Balaban J connectivity index is 1.90. The van der Waals surface area contributed by atoms with Crippen LogP contribution in [0, 0.1) is 34.6 Å². The molecule has 6 heteroatoms. The van der Waals surface area contributed by atoms with Crippen molar-refractivity contribution in [2.45, 2.75) is 20.3 Å². The van der Waals surface area contributed by atoms with Gasteiger partial charge in [0.05, 0.1) is 7.11 Å². The first-order chi connectivity index (χ1) is 15.3. The normalized spacial score (nSPS) is 11.1. The van der Waals surface area contributed by atoms with E-state index in [1.165, 1.54) is 12.1 Å². The van der Waals surface area contributed by atoms with E-state index in [1.807, 2.05) is 44.2 Å². The van der Waals surface area contributed by atoms with Gasteiger partial charge in [-0.2, -0.15) is 5.26 Å². The molecule has 0 fully saturated rings. The number of halogens is 2. The summed E-state index contributed by atoms with van der Waals surface area (Å²) in [4.78, 5) is 12.7. The number of nitrogens with one attached hydrogen (secondary N) is 1. The lowest BCUT2D eigenvalue weighted by Gasteiger charge is -2.13. The number of anilines is 1. The molecule has 162 valence electrons. The van der Waals surface area contributed by atoms with Crippen molar-refractivity contribution in [1.29, 1.82) is 5.26 Å². The molecule has 3 aromatic rings. The third kappa shape index (κ3) is 5.54. The van der Waals surface area contributed by atoms with Crippen LogP contribution in [0.4, 0.5) is 10.1 Å². The van der Waals surface area contributed by atoms with E-state index in [-0.39, 0.29) is 11.4 Å². The molecule has 1 N–H and O–H groups in total. The molecule has 1 amide bonds. The van der Waals surface area contributed by atoms with Crippen LogP contribution in [0.2, 0.25) is 0 Å². The Hall–Kier alpha value is -3.18. The minimum Gasteiger partial charge on any atom is -0.496 e. The minimum absolute atomic E-state index is 0.0234. The van der Waals surface area contributed by atoms with Gasteiger partial charge in [0.1, 0.15) is 23.2 Å². The summed E-state index contributed by atoms with van der Waals surface area (Å²) in [5, 5.41) is 12.4. The number of aryl methyl sites for hydroxylation is 2. The Morgan fingerprint density at radius 2 is 1.94 bits per heavy atom. The third-order valence-corrected chi connectivity index (χ3v) is 5.99. The highest BCUT2D eigenvalue weighted by Gasteiger charge is 2.15. The number of methoxy groups -OCH3 is 1. The van der Waals surface area contributed by atoms with Crippen LogP contribution in [0.1, 0.15) is 27.8 Å². The number of nitrogens with zero attached hydrogens (tertiary/aromatic N) is 1. The largest absolute Gasteiger partial charge is 0.496 e. The summed E-state index contributed by atoms with van der Waals surface area (Å²) in [7, 11) is 1.54. The molecular formula is C26H22FIN2O2. The molecule has 3 rings (SSSR count). The van der Waals surface area contributed by atoms with Gasteiger partial charge in [-0.1, -0.05) is 35.9 Å². The first-order valence-electron chi connectivity index (χ1n) is 9.92. The van der Waals surface area contributed by atoms with Crippen molar-refractivity contribution in [3.8, 4) is 11.8 Å². The summed E-state index contributed by atoms with van der Waals surface area (Å²) in [6.07, 6.45) is 1.90. The van der Waals surface area contributed by atoms with Crippen LogP contribution in [0.3, 0.4) is 0 Å². The van der Waals surface area contributed by atoms with Gasteiger partial charge in [-0.25, -0.2) is 4.39 Å². The number of hydrogen-bond donors (Lipinski definition) is 1. The molecule has 0 aliphatic carbocycles. The number of hydrogen-bond acceptors (Lipinski definition) is 3. The van der Waals surface area contributed by atoms with Crippen LogP contribution in [0.25, 0.3) is 6.08 Å². The lowest BCUT2D eigenvalue weighted by atomic mass is 10.0. The number of carbonyl (C=O) groups excluding carboxylic acids is 1. The van der Waals surface area contributed by atoms with Crippen molar-refractivity contribution >= 4 is 40.3 Å². The molecule has 3 aromatic carbocycles. The Kier molecular flexibility index (Phi) is 7.65. The van der Waals surface area contributed by atoms with Crippen LogP contribution in [-0.2, 0) is 11.2 Å². The monoisotopic (exact) mass is 540 g/mol. The lowest BCUT2D eigenvalue weighted by molar-refractivity contribution is -0.112. The zero-order chi connectivity index (χ0) is 23.3. The summed E-state index contributed by atoms with van der Waals surface area (Å²) in [6.45, 7) is 3.88. The van der Waals surface area contributed by atoms with Gasteiger partial charge in [-0.3, -0.25) is 4.79 Å². The fraction of sp³-hybridized carbons (Fsp3) is 0.154. The highest BCUT2D eigenvalue weighted by Crippen LogP contribution is 2.30. The topological polar surface area (TPSA) is 62.1 Å². The van der Waals surface area contributed by atoms with Crippen molar-refractivity contribution in [3.05, 3.63) is 97.4 Å². The Morgan fingerprint density at radius 3 is 2.59 bits per heavy atom. The van der Waals surface area contributed by atoms with Gasteiger partial charge >= 0.3 is 0 Å². The molecule has 0 saturated heterocycles. The predicted octanol–water partition coefficient (Wildman–Crippen LogP) is 6.19. The van der Waals surface area contributed by atoms with Gasteiger partial charge in [-0.05, 0) is 83.5 Å². The Morgan fingerprint density at radius 1 is 1.19 bits per heavy atom. The van der Waals surface area contributed by atoms with Crippen molar-refractivity contribution in [3.63, 3.8) is 0 Å². The number of amides is 1. The first-order valence-corrected chi connectivity index (χ1v) is 11.0. The van der Waals surface area contributed by atoms with Gasteiger partial charge in [0, 0.05) is 21.2 Å². The first kappa shape index (κ1) is 23.5. The number of rotatable bonds is 6. The number of carbonyl (C=O) groups is 1. The van der Waals surface area contributed by atoms with Gasteiger partial charge in [0.2, 0.25) is 0 Å². The van der Waals surface area contributed by atoms with Crippen LogP contribution in [0.15, 0.2) is 60.2 Å². The summed E-state index contributed by atoms with van der Waals surface area (Å²) in [5.41, 5.74) is 4.71. The fourth-order valence-corrected chi connectivity index (χ4v) is 4.18. The number of benzene rings is 3. The predicted molar refractivity (Wildman–Crippen MR) is 133 cm³/mol. The minimum atomic E-state index is -0.483. The molecule has 32 heavy (non-hydrogen) atoms. The van der Waals surface area contributed by atoms with E-state index in [0.29, 0.717) is 29.0 Å². The highest BCUT2D eigenvalue weighted by atomic mass is 127. The smallest absolute Gasteiger partial charge is 0.266 e. The van der Waals surface area contributed by atoms with Gasteiger partial charge in [-0.15, -0.1) is 0 Å². The Labute approximate surface area is 200 Å². The standard InChI is InChI=1S/C26H22FIN2O2/c1-16-8-9-24(17(2)10-16)30-26(31)20(15-29)11-18-12-23(28)21(25(13-18)32-3)14-19-6-4-5-7-22(19)27/h4-13H,14H2,1-3H3,(H,30,31)/b20-11+. The number of ether oxygens (including phenoxy) is 1. The zero-order valence-electron chi connectivity index (χ0n) is 18.0. The summed E-state index contributed by atoms with van der Waals surface area (Å²) < 4.78 is 20.5. The van der Waals surface area contributed by atoms with Crippen molar-refractivity contribution < 1.29 is 13.9 Å². The summed E-state index contributed by atoms with van der Waals surface area (Å²) in [6, 6.07) is 17.9. The molecule has 0 spiro atoms. The fourth-order valence-electron chi connectivity index (χ4n) is 3.36. The van der Waals surface area contributed by atoms with Crippen LogP contribution < -0.4 is 10.1 Å². The van der Waals surface area contributed by atoms with Crippen LogP contribution in [-0.4, -0.2) is 13.0 Å². The molecule has 0 aliphatic rings. The van der Waals surface area contributed by atoms with E-state index in [2.05, 4.69) is 27.9 Å². The molecule has 4 nitrogen and oxygen atoms in total. The van der Waals surface area contributed by atoms with E-state index in [4.69, 9.17) is 4.74 Å².